The van der Waals surface area contributed by atoms with E-state index >= 15 is 0 Å². The summed E-state index contributed by atoms with van der Waals surface area (Å²) in [6.07, 6.45) is -1.11. The SMILES string of the molecule is CC(C)(C)OC(=O)NCCC(=O)C1CC(=O)N(O)C1=O. The highest BCUT2D eigenvalue weighted by Crippen LogP contribution is 2.19. The zero-order chi connectivity index (χ0) is 15.5. The molecule has 0 aromatic rings. The van der Waals surface area contributed by atoms with Crippen LogP contribution in [0.15, 0.2) is 0 Å². The van der Waals surface area contributed by atoms with Gasteiger partial charge in [-0.1, -0.05) is 0 Å². The fourth-order valence-electron chi connectivity index (χ4n) is 1.65. The lowest BCUT2D eigenvalue weighted by Gasteiger charge is -2.19. The highest BCUT2D eigenvalue weighted by molar-refractivity contribution is 6.13. The molecule has 0 aliphatic carbocycles. The lowest BCUT2D eigenvalue weighted by atomic mass is 10.00. The lowest BCUT2D eigenvalue weighted by molar-refractivity contribution is -0.172. The Bertz CT molecular complexity index is 440. The first-order chi connectivity index (χ1) is 9.11. The maximum Gasteiger partial charge on any atom is 0.407 e. The molecule has 2 N–H and O–H groups in total. The van der Waals surface area contributed by atoms with Crippen molar-refractivity contribution in [1.29, 1.82) is 0 Å². The molecule has 0 aromatic heterocycles. The van der Waals surface area contributed by atoms with Gasteiger partial charge in [0, 0.05) is 19.4 Å². The normalized spacial score (nSPS) is 19.2. The third-order valence-electron chi connectivity index (χ3n) is 2.55. The Balaban J connectivity index is 2.36. The molecule has 0 bridgehead atoms. The third-order valence-corrected chi connectivity index (χ3v) is 2.55. The number of alkyl carbamates (subject to hydrolysis) is 1. The van der Waals surface area contributed by atoms with Crippen LogP contribution in [-0.4, -0.2) is 46.1 Å². The van der Waals surface area contributed by atoms with E-state index in [4.69, 9.17) is 9.94 Å². The number of carbonyl (C=O) groups excluding carboxylic acids is 4. The van der Waals surface area contributed by atoms with Crippen molar-refractivity contribution >= 4 is 23.7 Å². The number of nitrogens with one attached hydrogen (secondary N) is 1. The summed E-state index contributed by atoms with van der Waals surface area (Å²) in [5, 5.41) is 11.4. The van der Waals surface area contributed by atoms with E-state index in [1.54, 1.807) is 20.8 Å². The standard InChI is InChI=1S/C12H18N2O6/c1-12(2,3)20-11(18)13-5-4-8(15)7-6-9(16)14(19)10(7)17/h7,19H,4-6H2,1-3H3,(H,13,18). The molecule has 1 atom stereocenters. The van der Waals surface area contributed by atoms with E-state index in [0.29, 0.717) is 0 Å². The zero-order valence-electron chi connectivity index (χ0n) is 11.6. The average Bonchev–Trinajstić information content (AvgIpc) is 2.54. The van der Waals surface area contributed by atoms with Crippen molar-refractivity contribution in [1.82, 2.24) is 10.4 Å². The Morgan fingerprint density at radius 2 is 2.00 bits per heavy atom. The van der Waals surface area contributed by atoms with Crippen molar-refractivity contribution in [2.24, 2.45) is 5.92 Å². The van der Waals surface area contributed by atoms with E-state index < -0.39 is 35.2 Å². The summed E-state index contributed by atoms with van der Waals surface area (Å²) in [7, 11) is 0. The second-order valence-electron chi connectivity index (χ2n) is 5.45. The molecular formula is C12H18N2O6. The van der Waals surface area contributed by atoms with Gasteiger partial charge >= 0.3 is 6.09 Å². The van der Waals surface area contributed by atoms with Crippen LogP contribution in [0.4, 0.5) is 4.79 Å². The zero-order valence-corrected chi connectivity index (χ0v) is 11.6. The molecule has 8 heteroatoms. The molecule has 3 amide bonds. The number of hydroxylamine groups is 2. The predicted molar refractivity (Wildman–Crippen MR) is 65.6 cm³/mol. The Hall–Kier alpha value is -1.96. The van der Waals surface area contributed by atoms with E-state index in [1.165, 1.54) is 0 Å². The summed E-state index contributed by atoms with van der Waals surface area (Å²) in [6, 6.07) is 0. The van der Waals surface area contributed by atoms with E-state index in [0.717, 1.165) is 0 Å². The van der Waals surface area contributed by atoms with E-state index in [9.17, 15) is 19.2 Å². The molecule has 0 saturated carbocycles. The van der Waals surface area contributed by atoms with Crippen molar-refractivity contribution in [3.8, 4) is 0 Å². The van der Waals surface area contributed by atoms with Crippen LogP contribution in [0, 0.1) is 5.92 Å². The van der Waals surface area contributed by atoms with Crippen LogP contribution in [0.2, 0.25) is 0 Å². The van der Waals surface area contributed by atoms with Crippen molar-refractivity contribution in [3.63, 3.8) is 0 Å². The van der Waals surface area contributed by atoms with Gasteiger partial charge in [0.1, 0.15) is 17.3 Å². The number of ketones is 1. The first-order valence-electron chi connectivity index (χ1n) is 6.17. The molecule has 112 valence electrons. The van der Waals surface area contributed by atoms with Gasteiger partial charge in [0.15, 0.2) is 0 Å². The summed E-state index contributed by atoms with van der Waals surface area (Å²) >= 11 is 0. The van der Waals surface area contributed by atoms with Crippen LogP contribution >= 0.6 is 0 Å². The first kappa shape index (κ1) is 16.1. The summed E-state index contributed by atoms with van der Waals surface area (Å²) in [4.78, 5) is 45.4. The minimum Gasteiger partial charge on any atom is -0.444 e. The molecule has 20 heavy (non-hydrogen) atoms. The fourth-order valence-corrected chi connectivity index (χ4v) is 1.65. The Labute approximate surface area is 116 Å². The van der Waals surface area contributed by atoms with Crippen molar-refractivity contribution in [2.45, 2.75) is 39.2 Å². The van der Waals surface area contributed by atoms with Crippen LogP contribution in [0.1, 0.15) is 33.6 Å². The molecule has 0 aromatic carbocycles. The first-order valence-corrected chi connectivity index (χ1v) is 6.17. The molecule has 1 unspecified atom stereocenters. The monoisotopic (exact) mass is 286 g/mol. The summed E-state index contributed by atoms with van der Waals surface area (Å²) in [6.45, 7) is 5.11. The molecule has 1 saturated heterocycles. The molecule has 1 aliphatic heterocycles. The summed E-state index contributed by atoms with van der Waals surface area (Å²) in [5.74, 6) is -3.38. The van der Waals surface area contributed by atoms with Crippen LogP contribution in [0.3, 0.4) is 0 Å². The highest BCUT2D eigenvalue weighted by Gasteiger charge is 2.41. The largest absolute Gasteiger partial charge is 0.444 e. The molecule has 0 spiro atoms. The van der Waals surface area contributed by atoms with Gasteiger partial charge in [0.05, 0.1) is 0 Å². The number of rotatable bonds is 4. The maximum absolute atomic E-state index is 11.7. The molecule has 1 rings (SSSR count). The molecule has 1 aliphatic rings. The van der Waals surface area contributed by atoms with Gasteiger partial charge in [-0.15, -0.1) is 0 Å². The number of Topliss-reactive ketones (excluding diaryl/α,β-unsaturated/α-hetero) is 1. The predicted octanol–water partition coefficient (Wildman–Crippen LogP) is 0.235. The topological polar surface area (TPSA) is 113 Å². The number of hydrogen-bond donors (Lipinski definition) is 2. The van der Waals surface area contributed by atoms with Gasteiger partial charge in [-0.3, -0.25) is 19.6 Å². The second kappa shape index (κ2) is 6.00. The van der Waals surface area contributed by atoms with Crippen LogP contribution < -0.4 is 5.32 Å². The minimum atomic E-state index is -1.16. The number of nitrogens with zero attached hydrogens (tertiary/aromatic N) is 1. The second-order valence-corrected chi connectivity index (χ2v) is 5.45. The van der Waals surface area contributed by atoms with Crippen LogP contribution in [0.25, 0.3) is 0 Å². The Morgan fingerprint density at radius 3 is 2.45 bits per heavy atom. The van der Waals surface area contributed by atoms with Gasteiger partial charge in [0.2, 0.25) is 0 Å². The number of ether oxygens (including phenoxy) is 1. The Kier molecular flexibility index (Phi) is 4.83. The minimum absolute atomic E-state index is 0.00283. The number of hydrogen-bond acceptors (Lipinski definition) is 6. The molecule has 1 heterocycles. The molecule has 0 radical (unpaired) electrons. The molecule has 1 fully saturated rings. The van der Waals surface area contributed by atoms with Crippen LogP contribution in [0.5, 0.6) is 0 Å². The molecular weight excluding hydrogens is 268 g/mol. The van der Waals surface area contributed by atoms with Crippen LogP contribution in [-0.2, 0) is 19.1 Å². The van der Waals surface area contributed by atoms with Gasteiger partial charge < -0.3 is 10.1 Å². The van der Waals surface area contributed by atoms with Crippen molar-refractivity contribution < 1.29 is 29.1 Å². The van der Waals surface area contributed by atoms with Crippen molar-refractivity contribution in [2.75, 3.05) is 6.54 Å². The summed E-state index contributed by atoms with van der Waals surface area (Å²) in [5.41, 5.74) is -0.640. The lowest BCUT2D eigenvalue weighted by Crippen LogP contribution is -2.35. The average molecular weight is 286 g/mol. The third kappa shape index (κ3) is 4.30. The van der Waals surface area contributed by atoms with E-state index in [-0.39, 0.29) is 24.4 Å². The fraction of sp³-hybridized carbons (Fsp3) is 0.667. The van der Waals surface area contributed by atoms with Gasteiger partial charge in [0.25, 0.3) is 11.8 Å². The van der Waals surface area contributed by atoms with Crippen molar-refractivity contribution in [3.05, 3.63) is 0 Å². The van der Waals surface area contributed by atoms with E-state index in [2.05, 4.69) is 5.32 Å². The van der Waals surface area contributed by atoms with Gasteiger partial charge in [-0.25, -0.2) is 4.79 Å². The van der Waals surface area contributed by atoms with Gasteiger partial charge in [-0.2, -0.15) is 5.06 Å². The van der Waals surface area contributed by atoms with Gasteiger partial charge in [-0.05, 0) is 20.8 Å². The Morgan fingerprint density at radius 1 is 1.40 bits per heavy atom. The number of amides is 3. The smallest absolute Gasteiger partial charge is 0.407 e. The number of carbonyl (C=O) groups is 4. The highest BCUT2D eigenvalue weighted by atomic mass is 16.6. The number of imide groups is 1. The quantitative estimate of drug-likeness (QED) is 0.434. The summed E-state index contributed by atoms with van der Waals surface area (Å²) < 4.78 is 4.97. The maximum atomic E-state index is 11.7. The van der Waals surface area contributed by atoms with E-state index in [1.807, 2.05) is 0 Å². The molecule has 8 nitrogen and oxygen atoms in total.